The molecule has 0 spiro atoms. The summed E-state index contributed by atoms with van der Waals surface area (Å²) >= 11 is 0. The van der Waals surface area contributed by atoms with Gasteiger partial charge >= 0.3 is 7.80 Å². The first-order valence-corrected chi connectivity index (χ1v) is 7.33. The van der Waals surface area contributed by atoms with Crippen molar-refractivity contribution in [1.82, 2.24) is 0 Å². The largest absolute Gasteiger partial charge is 0.377 e. The monoisotopic (exact) mass is 237 g/mol. The molecule has 0 bridgehead atoms. The second-order valence-corrected chi connectivity index (χ2v) is 7.41. The highest BCUT2D eigenvalue weighted by Crippen LogP contribution is 2.30. The van der Waals surface area contributed by atoms with Crippen LogP contribution in [0, 0.1) is 11.3 Å². The maximum atomic E-state index is 12.1. The fraction of sp³-hybridized carbons (Fsp3) is 0.571. The van der Waals surface area contributed by atoms with Gasteiger partial charge in [-0.2, -0.15) is 0 Å². The van der Waals surface area contributed by atoms with Crippen LogP contribution >= 0.6 is 7.80 Å². The van der Waals surface area contributed by atoms with Crippen LogP contribution in [0.5, 0.6) is 0 Å². The SMILES string of the molecule is CC(C[P+](=O)c1ccccc1)CC(C)(C)C. The second kappa shape index (κ2) is 5.59. The van der Waals surface area contributed by atoms with Gasteiger partial charge in [0.25, 0.3) is 0 Å². The maximum Gasteiger partial charge on any atom is 0.377 e. The van der Waals surface area contributed by atoms with E-state index < -0.39 is 7.80 Å². The van der Waals surface area contributed by atoms with Gasteiger partial charge in [0.15, 0.2) is 11.5 Å². The van der Waals surface area contributed by atoms with Crippen LogP contribution in [0.25, 0.3) is 0 Å². The first kappa shape index (κ1) is 13.4. The molecule has 0 fully saturated rings. The van der Waals surface area contributed by atoms with Crippen molar-refractivity contribution in [2.45, 2.75) is 34.1 Å². The van der Waals surface area contributed by atoms with Crippen LogP contribution in [0.15, 0.2) is 30.3 Å². The molecule has 0 aromatic heterocycles. The van der Waals surface area contributed by atoms with E-state index in [1.165, 1.54) is 0 Å². The number of hydrogen-bond donors (Lipinski definition) is 0. The summed E-state index contributed by atoms with van der Waals surface area (Å²) < 4.78 is 12.1. The van der Waals surface area contributed by atoms with Crippen molar-refractivity contribution in [3.63, 3.8) is 0 Å². The summed E-state index contributed by atoms with van der Waals surface area (Å²) in [5.74, 6) is 0.517. The van der Waals surface area contributed by atoms with E-state index in [0.717, 1.165) is 17.9 Å². The Hall–Kier alpha value is -0.680. The standard InChI is InChI=1S/C14H22OP/c1-12(10-14(2,3)4)11-16(15)13-8-6-5-7-9-13/h5-9,12H,10-11H2,1-4H3/q+1. The fourth-order valence-corrected chi connectivity index (χ4v) is 3.50. The molecule has 0 N–H and O–H groups in total. The topological polar surface area (TPSA) is 17.1 Å². The van der Waals surface area contributed by atoms with Gasteiger partial charge in [-0.1, -0.05) is 50.5 Å². The zero-order valence-corrected chi connectivity index (χ0v) is 11.6. The van der Waals surface area contributed by atoms with E-state index in [2.05, 4.69) is 27.7 Å². The summed E-state index contributed by atoms with van der Waals surface area (Å²) in [6.07, 6.45) is 1.93. The quantitative estimate of drug-likeness (QED) is 0.717. The molecule has 0 aliphatic carbocycles. The van der Waals surface area contributed by atoms with E-state index in [4.69, 9.17) is 0 Å². The van der Waals surface area contributed by atoms with Crippen molar-refractivity contribution in [1.29, 1.82) is 0 Å². The lowest BCUT2D eigenvalue weighted by Gasteiger charge is -2.20. The van der Waals surface area contributed by atoms with Crippen molar-refractivity contribution in [3.05, 3.63) is 30.3 Å². The summed E-state index contributed by atoms with van der Waals surface area (Å²) in [7, 11) is -1.22. The van der Waals surface area contributed by atoms with Crippen molar-refractivity contribution < 1.29 is 4.57 Å². The van der Waals surface area contributed by atoms with Crippen LogP contribution in [0.4, 0.5) is 0 Å². The molecule has 1 aromatic carbocycles. The summed E-state index contributed by atoms with van der Waals surface area (Å²) in [6.45, 7) is 8.90. The summed E-state index contributed by atoms with van der Waals surface area (Å²) in [6, 6.07) is 9.80. The van der Waals surface area contributed by atoms with Gasteiger partial charge in [0, 0.05) is 5.92 Å². The molecule has 0 aliphatic rings. The Balaban J connectivity index is 2.53. The minimum absolute atomic E-state index is 0.326. The maximum absolute atomic E-state index is 12.1. The predicted octanol–water partition coefficient (Wildman–Crippen LogP) is 4.21. The highest BCUT2D eigenvalue weighted by atomic mass is 31.1. The highest BCUT2D eigenvalue weighted by molar-refractivity contribution is 7.53. The first-order valence-electron chi connectivity index (χ1n) is 5.88. The van der Waals surface area contributed by atoms with Crippen molar-refractivity contribution >= 4 is 13.1 Å². The van der Waals surface area contributed by atoms with Gasteiger partial charge in [0.1, 0.15) is 0 Å². The molecule has 2 heteroatoms. The Morgan fingerprint density at radius 1 is 1.19 bits per heavy atom. The molecule has 88 valence electrons. The molecule has 0 heterocycles. The van der Waals surface area contributed by atoms with Crippen LogP contribution in [0.1, 0.15) is 34.1 Å². The molecule has 16 heavy (non-hydrogen) atoms. The van der Waals surface area contributed by atoms with Crippen LogP contribution in [-0.2, 0) is 4.57 Å². The van der Waals surface area contributed by atoms with Crippen molar-refractivity contribution in [2.75, 3.05) is 6.16 Å². The van der Waals surface area contributed by atoms with Gasteiger partial charge in [-0.3, -0.25) is 0 Å². The van der Waals surface area contributed by atoms with Gasteiger partial charge < -0.3 is 0 Å². The van der Waals surface area contributed by atoms with Gasteiger partial charge in [-0.15, -0.1) is 0 Å². The number of hydrogen-bond acceptors (Lipinski definition) is 1. The highest BCUT2D eigenvalue weighted by Gasteiger charge is 2.25. The van der Waals surface area contributed by atoms with Crippen LogP contribution in [-0.4, -0.2) is 6.16 Å². The van der Waals surface area contributed by atoms with E-state index in [-0.39, 0.29) is 0 Å². The average Bonchev–Trinajstić information content (AvgIpc) is 2.16. The first-order chi connectivity index (χ1) is 7.38. The van der Waals surface area contributed by atoms with Crippen molar-refractivity contribution in [2.24, 2.45) is 11.3 Å². The Labute approximate surface area is 100 Å². The number of rotatable bonds is 4. The molecule has 1 nitrogen and oxygen atoms in total. The molecule has 2 unspecified atom stereocenters. The lowest BCUT2D eigenvalue weighted by atomic mass is 9.86. The Bertz CT molecular complexity index is 338. The normalized spacial score (nSPS) is 14.6. The lowest BCUT2D eigenvalue weighted by Crippen LogP contribution is -2.14. The Morgan fingerprint density at radius 3 is 2.25 bits per heavy atom. The van der Waals surface area contributed by atoms with E-state index in [1.807, 2.05) is 30.3 Å². The third-order valence-electron chi connectivity index (χ3n) is 2.48. The zero-order chi connectivity index (χ0) is 12.2. The predicted molar refractivity (Wildman–Crippen MR) is 71.8 cm³/mol. The summed E-state index contributed by atoms with van der Waals surface area (Å²) in [5, 5.41) is 0.984. The lowest BCUT2D eigenvalue weighted by molar-refractivity contribution is 0.322. The Kier molecular flexibility index (Phi) is 4.68. The Morgan fingerprint density at radius 2 is 1.75 bits per heavy atom. The molecule has 0 saturated heterocycles. The molecule has 0 saturated carbocycles. The minimum atomic E-state index is -1.22. The van der Waals surface area contributed by atoms with E-state index in [0.29, 0.717) is 11.3 Å². The molecular weight excluding hydrogens is 215 g/mol. The van der Waals surface area contributed by atoms with Gasteiger partial charge in [-0.25, -0.2) is 0 Å². The van der Waals surface area contributed by atoms with E-state index in [1.54, 1.807) is 0 Å². The fourth-order valence-electron chi connectivity index (χ4n) is 2.09. The van der Waals surface area contributed by atoms with Gasteiger partial charge in [0.2, 0.25) is 0 Å². The molecule has 0 amide bonds. The smallest absolute Gasteiger partial charge is 0.0681 e. The molecule has 1 aromatic rings. The summed E-state index contributed by atoms with van der Waals surface area (Å²) in [4.78, 5) is 0. The van der Waals surface area contributed by atoms with Crippen molar-refractivity contribution in [3.8, 4) is 0 Å². The van der Waals surface area contributed by atoms with Crippen LogP contribution < -0.4 is 5.30 Å². The number of benzene rings is 1. The third-order valence-corrected chi connectivity index (χ3v) is 4.31. The van der Waals surface area contributed by atoms with E-state index >= 15 is 0 Å². The van der Waals surface area contributed by atoms with Crippen LogP contribution in [0.3, 0.4) is 0 Å². The van der Waals surface area contributed by atoms with E-state index in [9.17, 15) is 4.57 Å². The van der Waals surface area contributed by atoms with Gasteiger partial charge in [-0.05, 0) is 24.0 Å². The van der Waals surface area contributed by atoms with Gasteiger partial charge in [0.05, 0.1) is 0 Å². The average molecular weight is 237 g/mol. The molecular formula is C14H22OP+. The molecule has 1 rings (SSSR count). The zero-order valence-electron chi connectivity index (χ0n) is 10.7. The third kappa shape index (κ3) is 4.90. The molecule has 2 atom stereocenters. The molecule has 0 aliphatic heterocycles. The second-order valence-electron chi connectivity index (χ2n) is 5.77. The minimum Gasteiger partial charge on any atom is -0.0681 e. The summed E-state index contributed by atoms with van der Waals surface area (Å²) in [5.41, 5.74) is 0.326. The molecule has 0 radical (unpaired) electrons. The van der Waals surface area contributed by atoms with Crippen LogP contribution in [0.2, 0.25) is 0 Å².